The number of carbonyl (C=O) groups excluding carboxylic acids is 1. The lowest BCUT2D eigenvalue weighted by molar-refractivity contribution is -0.112. The normalized spacial score (nSPS) is 32.5. The zero-order valence-electron chi connectivity index (χ0n) is 9.06. The predicted molar refractivity (Wildman–Crippen MR) is 54.2 cm³/mol. The van der Waals surface area contributed by atoms with Crippen molar-refractivity contribution < 1.29 is 22.9 Å². The monoisotopic (exact) mass is 234 g/mol. The van der Waals surface area contributed by atoms with Gasteiger partial charge in [-0.15, -0.1) is 0 Å². The van der Waals surface area contributed by atoms with Gasteiger partial charge in [-0.2, -0.15) is 0 Å². The van der Waals surface area contributed by atoms with Gasteiger partial charge in [-0.05, 0) is 13.8 Å². The molecule has 1 aliphatic rings. The molecule has 1 fully saturated rings. The first kappa shape index (κ1) is 12.4. The Labute approximate surface area is 89.0 Å². The highest BCUT2D eigenvalue weighted by Gasteiger charge is 2.34. The molecule has 0 radical (unpaired) electrons. The number of phosphoric ester groups is 1. The van der Waals surface area contributed by atoms with Crippen molar-refractivity contribution >= 4 is 13.6 Å². The van der Waals surface area contributed by atoms with Gasteiger partial charge in [-0.1, -0.05) is 6.92 Å². The van der Waals surface area contributed by atoms with Crippen molar-refractivity contribution in [2.45, 2.75) is 20.8 Å². The Balaban J connectivity index is 2.57. The molecule has 5 nitrogen and oxygen atoms in total. The molecular weight excluding hydrogens is 219 g/mol. The second kappa shape index (κ2) is 4.92. The minimum absolute atomic E-state index is 0.176. The third-order valence-electron chi connectivity index (χ3n) is 1.70. The number of ketones is 1. The van der Waals surface area contributed by atoms with E-state index in [0.29, 0.717) is 13.2 Å². The number of rotatable bonds is 3. The van der Waals surface area contributed by atoms with E-state index < -0.39 is 7.82 Å². The van der Waals surface area contributed by atoms with Crippen LogP contribution in [-0.4, -0.2) is 19.0 Å². The van der Waals surface area contributed by atoms with Crippen LogP contribution in [-0.2, 0) is 22.9 Å². The van der Waals surface area contributed by atoms with Crippen LogP contribution in [0.1, 0.15) is 20.8 Å². The highest BCUT2D eigenvalue weighted by atomic mass is 31.2. The maximum atomic E-state index is 11.8. The lowest BCUT2D eigenvalue weighted by atomic mass is 10.2. The maximum Gasteiger partial charge on any atom is 0.529 e. The molecule has 0 spiro atoms. The number of phosphoric acid groups is 1. The van der Waals surface area contributed by atoms with Crippen LogP contribution in [0.2, 0.25) is 0 Å². The molecule has 1 saturated heterocycles. The molecule has 0 aromatic carbocycles. The lowest BCUT2D eigenvalue weighted by Crippen LogP contribution is -2.19. The van der Waals surface area contributed by atoms with E-state index in [1.807, 2.05) is 6.92 Å². The highest BCUT2D eigenvalue weighted by molar-refractivity contribution is 7.48. The SMILES string of the molecule is CC(=O)/C=C(\C)OP1(=O)OCC(C)CO1. The minimum Gasteiger partial charge on any atom is -0.409 e. The first-order valence-electron chi connectivity index (χ1n) is 4.69. The van der Waals surface area contributed by atoms with Crippen molar-refractivity contribution in [1.82, 2.24) is 0 Å². The standard InChI is InChI=1S/C9H15O5P/c1-7-5-12-15(11,13-6-7)14-9(3)4-8(2)10/h4,7H,5-6H2,1-3H3/b9-4+. The summed E-state index contributed by atoms with van der Waals surface area (Å²) in [6, 6.07) is 0. The second-order valence-corrected chi connectivity index (χ2v) is 5.19. The number of allylic oxidation sites excluding steroid dienone is 2. The summed E-state index contributed by atoms with van der Waals surface area (Å²) < 4.78 is 26.7. The molecule has 0 aromatic rings. The molecule has 0 bridgehead atoms. The molecular formula is C9H15O5P. The Morgan fingerprint density at radius 3 is 2.40 bits per heavy atom. The van der Waals surface area contributed by atoms with Gasteiger partial charge in [-0.3, -0.25) is 13.8 Å². The van der Waals surface area contributed by atoms with Gasteiger partial charge in [0.25, 0.3) is 0 Å². The molecule has 1 rings (SSSR count). The van der Waals surface area contributed by atoms with Gasteiger partial charge < -0.3 is 4.52 Å². The fourth-order valence-electron chi connectivity index (χ4n) is 1.06. The molecule has 0 N–H and O–H groups in total. The largest absolute Gasteiger partial charge is 0.529 e. The van der Waals surface area contributed by atoms with E-state index >= 15 is 0 Å². The van der Waals surface area contributed by atoms with Crippen molar-refractivity contribution in [2.75, 3.05) is 13.2 Å². The summed E-state index contributed by atoms with van der Waals surface area (Å²) >= 11 is 0. The van der Waals surface area contributed by atoms with Crippen molar-refractivity contribution in [3.05, 3.63) is 11.8 Å². The number of carbonyl (C=O) groups is 1. The van der Waals surface area contributed by atoms with Crippen molar-refractivity contribution in [1.29, 1.82) is 0 Å². The highest BCUT2D eigenvalue weighted by Crippen LogP contribution is 2.53. The van der Waals surface area contributed by atoms with Crippen LogP contribution in [0.4, 0.5) is 0 Å². The topological polar surface area (TPSA) is 61.8 Å². The van der Waals surface area contributed by atoms with E-state index in [1.54, 1.807) is 0 Å². The predicted octanol–water partition coefficient (Wildman–Crippen LogP) is 2.29. The second-order valence-electron chi connectivity index (χ2n) is 3.60. The van der Waals surface area contributed by atoms with E-state index in [0.717, 1.165) is 0 Å². The van der Waals surface area contributed by atoms with Crippen LogP contribution in [0.5, 0.6) is 0 Å². The van der Waals surface area contributed by atoms with Gasteiger partial charge >= 0.3 is 7.82 Å². The van der Waals surface area contributed by atoms with E-state index in [9.17, 15) is 9.36 Å². The summed E-state index contributed by atoms with van der Waals surface area (Å²) in [6.45, 7) is 5.51. The van der Waals surface area contributed by atoms with E-state index in [2.05, 4.69) is 0 Å². The zero-order chi connectivity index (χ0) is 11.5. The Bertz CT molecular complexity index is 310. The summed E-state index contributed by atoms with van der Waals surface area (Å²) in [5, 5.41) is 0. The molecule has 1 aliphatic heterocycles. The maximum absolute atomic E-state index is 11.8. The molecule has 0 amide bonds. The lowest BCUT2D eigenvalue weighted by Gasteiger charge is -2.26. The number of hydrogen-bond acceptors (Lipinski definition) is 5. The Kier molecular flexibility index (Phi) is 4.08. The number of hydrogen-bond donors (Lipinski definition) is 0. The third kappa shape index (κ3) is 4.16. The minimum atomic E-state index is -3.48. The van der Waals surface area contributed by atoms with Crippen LogP contribution in [0.3, 0.4) is 0 Å². The first-order chi connectivity index (χ1) is 6.91. The Morgan fingerprint density at radius 2 is 1.93 bits per heavy atom. The first-order valence-corrected chi connectivity index (χ1v) is 6.15. The molecule has 0 aliphatic carbocycles. The van der Waals surface area contributed by atoms with Crippen molar-refractivity contribution in [2.24, 2.45) is 5.92 Å². The van der Waals surface area contributed by atoms with Crippen LogP contribution in [0, 0.1) is 5.92 Å². The van der Waals surface area contributed by atoms with Crippen LogP contribution < -0.4 is 0 Å². The van der Waals surface area contributed by atoms with Crippen molar-refractivity contribution in [3.8, 4) is 0 Å². The molecule has 0 aromatic heterocycles. The van der Waals surface area contributed by atoms with Gasteiger partial charge in [0.05, 0.1) is 13.2 Å². The molecule has 6 heteroatoms. The van der Waals surface area contributed by atoms with Gasteiger partial charge in [0.15, 0.2) is 5.78 Å². The molecule has 86 valence electrons. The van der Waals surface area contributed by atoms with Crippen LogP contribution >= 0.6 is 7.82 Å². The summed E-state index contributed by atoms with van der Waals surface area (Å²) in [5.74, 6) is 0.262. The molecule has 0 atom stereocenters. The summed E-state index contributed by atoms with van der Waals surface area (Å²) in [6.07, 6.45) is 1.24. The fourth-order valence-corrected chi connectivity index (χ4v) is 2.52. The summed E-state index contributed by atoms with van der Waals surface area (Å²) in [4.78, 5) is 10.7. The Hall–Kier alpha value is -0.640. The fraction of sp³-hybridized carbons (Fsp3) is 0.667. The van der Waals surface area contributed by atoms with Crippen molar-refractivity contribution in [3.63, 3.8) is 0 Å². The molecule has 0 unspecified atom stereocenters. The average Bonchev–Trinajstić information content (AvgIpc) is 2.09. The summed E-state index contributed by atoms with van der Waals surface area (Å²) in [7, 11) is -3.48. The molecule has 0 saturated carbocycles. The van der Waals surface area contributed by atoms with Gasteiger partial charge in [-0.25, -0.2) is 4.57 Å². The zero-order valence-corrected chi connectivity index (χ0v) is 9.95. The van der Waals surface area contributed by atoms with Crippen LogP contribution in [0.15, 0.2) is 11.8 Å². The van der Waals surface area contributed by atoms with Gasteiger partial charge in [0.1, 0.15) is 5.76 Å². The summed E-state index contributed by atoms with van der Waals surface area (Å²) in [5.41, 5.74) is 0. The average molecular weight is 234 g/mol. The van der Waals surface area contributed by atoms with Crippen LogP contribution in [0.25, 0.3) is 0 Å². The van der Waals surface area contributed by atoms with E-state index in [-0.39, 0.29) is 17.5 Å². The quantitative estimate of drug-likeness (QED) is 0.426. The molecule has 15 heavy (non-hydrogen) atoms. The van der Waals surface area contributed by atoms with Gasteiger partial charge in [0.2, 0.25) is 0 Å². The Morgan fingerprint density at radius 1 is 1.40 bits per heavy atom. The third-order valence-corrected chi connectivity index (χ3v) is 3.14. The smallest absolute Gasteiger partial charge is 0.409 e. The van der Waals surface area contributed by atoms with E-state index in [4.69, 9.17) is 13.6 Å². The molecule has 1 heterocycles. The van der Waals surface area contributed by atoms with Gasteiger partial charge in [0, 0.05) is 12.0 Å². The van der Waals surface area contributed by atoms with E-state index in [1.165, 1.54) is 19.9 Å².